The molecular formula is C31H24N6. The van der Waals surface area contributed by atoms with Crippen molar-refractivity contribution in [1.29, 1.82) is 21.0 Å². The van der Waals surface area contributed by atoms with Crippen LogP contribution in [-0.4, -0.2) is 11.4 Å². The third kappa shape index (κ3) is 3.20. The van der Waals surface area contributed by atoms with Gasteiger partial charge in [-0.25, -0.2) is 9.98 Å². The first-order chi connectivity index (χ1) is 17.4. The molecule has 0 heterocycles. The summed E-state index contributed by atoms with van der Waals surface area (Å²) in [5, 5.41) is 36.9. The van der Waals surface area contributed by atoms with Crippen LogP contribution in [0.5, 0.6) is 0 Å². The van der Waals surface area contributed by atoms with Gasteiger partial charge in [0.05, 0.1) is 11.4 Å². The van der Waals surface area contributed by atoms with E-state index < -0.39 is 10.8 Å². The van der Waals surface area contributed by atoms with Crippen molar-refractivity contribution in [1.82, 2.24) is 0 Å². The topological polar surface area (TPSA) is 120 Å². The smallest absolute Gasteiger partial charge is 0.218 e. The molecule has 6 nitrogen and oxygen atoms in total. The van der Waals surface area contributed by atoms with Crippen LogP contribution < -0.4 is 0 Å². The summed E-state index contributed by atoms with van der Waals surface area (Å²) < 4.78 is 0. The predicted octanol–water partition coefficient (Wildman–Crippen LogP) is 6.23. The molecule has 0 saturated carbocycles. The zero-order valence-corrected chi connectivity index (χ0v) is 21.6. The molecule has 0 bridgehead atoms. The first kappa shape index (κ1) is 23.9. The maximum absolute atomic E-state index is 9.23. The molecule has 0 saturated heterocycles. The third-order valence-electron chi connectivity index (χ3n) is 8.12. The number of rotatable bonds is 2. The zero-order valence-electron chi connectivity index (χ0n) is 21.6. The van der Waals surface area contributed by atoms with Gasteiger partial charge in [0.2, 0.25) is 11.4 Å². The molecule has 0 aliphatic heterocycles. The average molecular weight is 481 g/mol. The Morgan fingerprint density at radius 1 is 0.541 bits per heavy atom. The first-order valence-corrected chi connectivity index (χ1v) is 12.0. The van der Waals surface area contributed by atoms with Crippen molar-refractivity contribution in [2.45, 2.75) is 57.8 Å². The quantitative estimate of drug-likeness (QED) is 0.473. The molecule has 178 valence electrons. The van der Waals surface area contributed by atoms with E-state index in [4.69, 9.17) is 0 Å². The van der Waals surface area contributed by atoms with E-state index in [-0.39, 0.29) is 16.8 Å². The second-order valence-corrected chi connectivity index (χ2v) is 11.3. The Labute approximate surface area is 216 Å². The zero-order chi connectivity index (χ0) is 26.9. The van der Waals surface area contributed by atoms with E-state index in [2.05, 4.69) is 75.8 Å². The predicted molar refractivity (Wildman–Crippen MR) is 143 cm³/mol. The van der Waals surface area contributed by atoms with Gasteiger partial charge >= 0.3 is 0 Å². The number of hydrogen-bond acceptors (Lipinski definition) is 6. The first-order valence-electron chi connectivity index (χ1n) is 12.0. The number of aliphatic imine (C=N–C) groups is 2. The molecular weight excluding hydrogens is 456 g/mol. The van der Waals surface area contributed by atoms with Crippen LogP contribution in [0.3, 0.4) is 0 Å². The van der Waals surface area contributed by atoms with E-state index in [0.29, 0.717) is 11.4 Å². The maximum atomic E-state index is 9.23. The Morgan fingerprint density at radius 2 is 0.892 bits per heavy atom. The lowest BCUT2D eigenvalue weighted by atomic mass is 9.79. The van der Waals surface area contributed by atoms with E-state index in [1.807, 2.05) is 36.4 Å². The lowest BCUT2D eigenvalue weighted by molar-refractivity contribution is 0.628. The van der Waals surface area contributed by atoms with Crippen LogP contribution in [-0.2, 0) is 16.2 Å². The SMILES string of the molecule is CC1(C)C(N=C(C#N)C#N)=Cc2cc3c(cc21)-c1cc2c(cc1C3(C)C)C=C(N=C(C#N)C#N)C2(C)C. The fraction of sp³-hybridized carbons (Fsp3) is 0.290. The summed E-state index contributed by atoms with van der Waals surface area (Å²) in [5.74, 6) is 0. The second kappa shape index (κ2) is 7.61. The molecule has 0 unspecified atom stereocenters. The molecule has 6 heteroatoms. The fourth-order valence-corrected chi connectivity index (χ4v) is 5.85. The molecule has 0 aromatic heterocycles. The highest BCUT2D eigenvalue weighted by atomic mass is 14.8. The van der Waals surface area contributed by atoms with Crippen LogP contribution in [0, 0.1) is 45.3 Å². The van der Waals surface area contributed by atoms with Gasteiger partial charge < -0.3 is 0 Å². The molecule has 3 aliphatic rings. The fourth-order valence-electron chi connectivity index (χ4n) is 5.85. The average Bonchev–Trinajstić information content (AvgIpc) is 3.35. The molecule has 37 heavy (non-hydrogen) atoms. The molecule has 0 N–H and O–H groups in total. The Balaban J connectivity index is 1.68. The molecule has 0 fully saturated rings. The Morgan fingerprint density at radius 3 is 1.22 bits per heavy atom. The van der Waals surface area contributed by atoms with Crippen LogP contribution >= 0.6 is 0 Å². The summed E-state index contributed by atoms with van der Waals surface area (Å²) in [6.07, 6.45) is 3.98. The monoisotopic (exact) mass is 480 g/mol. The van der Waals surface area contributed by atoms with Gasteiger partial charge in [-0.2, -0.15) is 21.0 Å². The van der Waals surface area contributed by atoms with Crippen molar-refractivity contribution in [3.05, 3.63) is 69.0 Å². The van der Waals surface area contributed by atoms with E-state index in [1.165, 1.54) is 11.1 Å². The largest absolute Gasteiger partial charge is 0.231 e. The highest BCUT2D eigenvalue weighted by molar-refractivity contribution is 6.11. The standard InChI is InChI=1S/C31H24N6/c1-29(2)25-7-17-9-27(36-19(13-32)14-33)30(3,4)23(17)11-21(25)22-12-24-18(8-26(22)29)10-28(31(24,5)6)37-20(15-34)16-35/h7-12H,1-6H3. The Bertz CT molecular complexity index is 1570. The van der Waals surface area contributed by atoms with Gasteiger partial charge in [0.1, 0.15) is 24.3 Å². The minimum atomic E-state index is -0.458. The molecule has 0 atom stereocenters. The number of hydrogen-bond donors (Lipinski definition) is 0. The maximum Gasteiger partial charge on any atom is 0.218 e. The number of nitrogens with zero attached hydrogens (tertiary/aromatic N) is 6. The minimum absolute atomic E-state index is 0.148. The van der Waals surface area contributed by atoms with Gasteiger partial charge in [0, 0.05) is 16.2 Å². The lowest BCUT2D eigenvalue weighted by Gasteiger charge is -2.25. The molecule has 5 rings (SSSR count). The molecule has 0 radical (unpaired) electrons. The van der Waals surface area contributed by atoms with E-state index in [1.54, 1.807) is 0 Å². The van der Waals surface area contributed by atoms with Crippen LogP contribution in [0.4, 0.5) is 0 Å². The summed E-state index contributed by atoms with van der Waals surface area (Å²) in [5.41, 5.74) is 9.05. The van der Waals surface area contributed by atoms with Crippen molar-refractivity contribution in [3.63, 3.8) is 0 Å². The van der Waals surface area contributed by atoms with Gasteiger partial charge in [-0.15, -0.1) is 0 Å². The van der Waals surface area contributed by atoms with Crippen molar-refractivity contribution < 1.29 is 0 Å². The molecule has 3 aliphatic carbocycles. The van der Waals surface area contributed by atoms with Crippen molar-refractivity contribution in [2.24, 2.45) is 9.98 Å². The van der Waals surface area contributed by atoms with E-state index in [9.17, 15) is 21.0 Å². The molecule has 2 aromatic rings. The number of nitriles is 4. The summed E-state index contributed by atoms with van der Waals surface area (Å²) >= 11 is 0. The van der Waals surface area contributed by atoms with Crippen molar-refractivity contribution in [3.8, 4) is 35.4 Å². The summed E-state index contributed by atoms with van der Waals surface area (Å²) in [6.45, 7) is 12.7. The third-order valence-corrected chi connectivity index (χ3v) is 8.12. The van der Waals surface area contributed by atoms with Gasteiger partial charge in [-0.3, -0.25) is 0 Å². The van der Waals surface area contributed by atoms with Gasteiger partial charge in [0.15, 0.2) is 0 Å². The normalized spacial score (nSPS) is 17.8. The summed E-state index contributed by atoms with van der Waals surface area (Å²) in [4.78, 5) is 8.73. The van der Waals surface area contributed by atoms with Crippen LogP contribution in [0.2, 0.25) is 0 Å². The number of benzene rings is 2. The van der Waals surface area contributed by atoms with E-state index in [0.717, 1.165) is 33.4 Å². The lowest BCUT2D eigenvalue weighted by Crippen LogP contribution is -2.19. The van der Waals surface area contributed by atoms with Crippen LogP contribution in [0.25, 0.3) is 23.3 Å². The minimum Gasteiger partial charge on any atom is -0.231 e. The van der Waals surface area contributed by atoms with Gasteiger partial charge in [-0.1, -0.05) is 41.5 Å². The Hall–Kier alpha value is -4.78. The number of allylic oxidation sites excluding steroid dienone is 2. The van der Waals surface area contributed by atoms with E-state index >= 15 is 0 Å². The van der Waals surface area contributed by atoms with Crippen molar-refractivity contribution >= 4 is 23.6 Å². The Kier molecular flexibility index (Phi) is 4.92. The molecule has 2 aromatic carbocycles. The highest BCUT2D eigenvalue weighted by Crippen LogP contribution is 2.55. The van der Waals surface area contributed by atoms with Crippen LogP contribution in [0.15, 0.2) is 45.6 Å². The molecule has 0 spiro atoms. The summed E-state index contributed by atoms with van der Waals surface area (Å²) in [7, 11) is 0. The van der Waals surface area contributed by atoms with Gasteiger partial charge in [0.25, 0.3) is 0 Å². The van der Waals surface area contributed by atoms with Crippen LogP contribution in [0.1, 0.15) is 74.9 Å². The van der Waals surface area contributed by atoms with Crippen molar-refractivity contribution in [2.75, 3.05) is 0 Å². The highest BCUT2D eigenvalue weighted by Gasteiger charge is 2.43. The van der Waals surface area contributed by atoms with Gasteiger partial charge in [-0.05, 0) is 80.9 Å². The second-order valence-electron chi connectivity index (χ2n) is 11.3. The number of fused-ring (bicyclic) bond motifs is 5. The summed E-state index contributed by atoms with van der Waals surface area (Å²) in [6, 6.07) is 16.4. The molecule has 0 amide bonds.